The van der Waals surface area contributed by atoms with Crippen LogP contribution in [0.3, 0.4) is 0 Å². The van der Waals surface area contributed by atoms with Crippen molar-refractivity contribution in [2.45, 2.75) is 6.92 Å². The summed E-state index contributed by atoms with van der Waals surface area (Å²) in [5.74, 6) is -0.565. The van der Waals surface area contributed by atoms with Crippen molar-refractivity contribution in [2.75, 3.05) is 5.32 Å². The molecule has 0 atom stereocenters. The zero-order chi connectivity index (χ0) is 17.4. The first-order chi connectivity index (χ1) is 12.1. The van der Waals surface area contributed by atoms with Gasteiger partial charge in [-0.2, -0.15) is 0 Å². The molecule has 0 fully saturated rings. The highest BCUT2D eigenvalue weighted by Crippen LogP contribution is 2.30. The van der Waals surface area contributed by atoms with Crippen molar-refractivity contribution >= 4 is 28.0 Å². The summed E-state index contributed by atoms with van der Waals surface area (Å²) in [5, 5.41) is 11.0. The van der Waals surface area contributed by atoms with Gasteiger partial charge in [-0.25, -0.2) is 9.37 Å². The molecule has 1 N–H and O–H groups in total. The van der Waals surface area contributed by atoms with Gasteiger partial charge in [-0.15, -0.1) is 21.5 Å². The number of nitrogens with zero attached hydrogens (tertiary/aromatic N) is 4. The number of rotatable bonds is 3. The minimum absolute atomic E-state index is 0.269. The lowest BCUT2D eigenvalue weighted by Gasteiger charge is -2.02. The molecule has 0 radical (unpaired) electrons. The molecule has 0 aliphatic carbocycles. The Morgan fingerprint density at radius 2 is 2.00 bits per heavy atom. The number of fused-ring (bicyclic) bond motifs is 1. The highest BCUT2D eigenvalue weighted by atomic mass is 32.1. The summed E-state index contributed by atoms with van der Waals surface area (Å²) < 4.78 is 14.7. The maximum Gasteiger partial charge on any atom is 0.258 e. The highest BCUT2D eigenvalue weighted by Gasteiger charge is 2.14. The van der Waals surface area contributed by atoms with Crippen molar-refractivity contribution in [3.05, 3.63) is 65.2 Å². The van der Waals surface area contributed by atoms with Crippen LogP contribution in [0.1, 0.15) is 15.2 Å². The van der Waals surface area contributed by atoms with Gasteiger partial charge in [-0.1, -0.05) is 0 Å². The number of anilines is 1. The Bertz CT molecular complexity index is 1070. The smallest absolute Gasteiger partial charge is 0.258 e. The van der Waals surface area contributed by atoms with Gasteiger partial charge in [-0.3, -0.25) is 14.5 Å². The second kappa shape index (κ2) is 6.06. The number of amides is 1. The molecule has 8 heteroatoms. The second-order valence-electron chi connectivity index (χ2n) is 5.40. The number of halogens is 1. The van der Waals surface area contributed by atoms with E-state index in [4.69, 9.17) is 0 Å². The van der Waals surface area contributed by atoms with Crippen LogP contribution >= 0.6 is 11.3 Å². The van der Waals surface area contributed by atoms with Crippen LogP contribution in [0.5, 0.6) is 0 Å². The summed E-state index contributed by atoms with van der Waals surface area (Å²) in [6.07, 6.45) is 3.19. The summed E-state index contributed by atoms with van der Waals surface area (Å²) in [5.41, 5.74) is 2.68. The lowest BCUT2D eigenvalue weighted by molar-refractivity contribution is 0.102. The van der Waals surface area contributed by atoms with Crippen molar-refractivity contribution in [1.29, 1.82) is 0 Å². The molecule has 6 nitrogen and oxygen atoms in total. The van der Waals surface area contributed by atoms with E-state index in [9.17, 15) is 9.18 Å². The Kier molecular flexibility index (Phi) is 3.73. The third-order valence-corrected chi connectivity index (χ3v) is 4.57. The average Bonchev–Trinajstić information content (AvgIpc) is 3.21. The highest BCUT2D eigenvalue weighted by molar-refractivity contribution is 7.16. The van der Waals surface area contributed by atoms with E-state index in [0.29, 0.717) is 16.3 Å². The van der Waals surface area contributed by atoms with Crippen LogP contribution in [-0.2, 0) is 0 Å². The SMILES string of the molecule is Cc1sc(NC(=O)c2ccc3nncn3c2)nc1-c1ccc(F)cc1. The summed E-state index contributed by atoms with van der Waals surface area (Å²) in [6, 6.07) is 9.52. The molecule has 0 saturated carbocycles. The minimum atomic E-state index is -0.297. The zero-order valence-electron chi connectivity index (χ0n) is 13.1. The van der Waals surface area contributed by atoms with Gasteiger partial charge in [0.2, 0.25) is 0 Å². The van der Waals surface area contributed by atoms with Gasteiger partial charge in [0.05, 0.1) is 11.3 Å². The molecule has 4 aromatic rings. The van der Waals surface area contributed by atoms with Gasteiger partial charge in [-0.05, 0) is 43.3 Å². The lowest BCUT2D eigenvalue weighted by atomic mass is 10.1. The Hall–Kier alpha value is -3.13. The fraction of sp³-hybridized carbons (Fsp3) is 0.0588. The maximum atomic E-state index is 13.1. The summed E-state index contributed by atoms with van der Waals surface area (Å²) in [6.45, 7) is 1.91. The van der Waals surface area contributed by atoms with E-state index in [1.54, 1.807) is 34.9 Å². The summed E-state index contributed by atoms with van der Waals surface area (Å²) in [7, 11) is 0. The number of pyridine rings is 1. The number of hydrogen-bond donors (Lipinski definition) is 1. The molecule has 4 rings (SSSR count). The fourth-order valence-corrected chi connectivity index (χ4v) is 3.29. The van der Waals surface area contributed by atoms with Gasteiger partial charge in [0.1, 0.15) is 12.1 Å². The number of benzene rings is 1. The minimum Gasteiger partial charge on any atom is -0.298 e. The number of thiazole rings is 1. The van der Waals surface area contributed by atoms with E-state index in [2.05, 4.69) is 20.5 Å². The third-order valence-electron chi connectivity index (χ3n) is 3.69. The molecule has 0 saturated heterocycles. The number of carbonyl (C=O) groups excluding carboxylic acids is 1. The summed E-state index contributed by atoms with van der Waals surface area (Å²) in [4.78, 5) is 17.8. The standard InChI is InChI=1S/C17H12FN5OS/c1-10-15(11-2-5-13(18)6-3-11)20-17(25-10)21-16(24)12-4-7-14-22-19-9-23(14)8-12/h2-9H,1H3,(H,20,21,24). The van der Waals surface area contributed by atoms with Crippen LogP contribution in [0.2, 0.25) is 0 Å². The third kappa shape index (κ3) is 2.99. The molecule has 0 spiro atoms. The Morgan fingerprint density at radius 1 is 1.20 bits per heavy atom. The molecule has 0 aliphatic heterocycles. The van der Waals surface area contributed by atoms with E-state index in [-0.39, 0.29) is 11.7 Å². The van der Waals surface area contributed by atoms with E-state index >= 15 is 0 Å². The number of aromatic nitrogens is 4. The lowest BCUT2D eigenvalue weighted by Crippen LogP contribution is -2.12. The first kappa shape index (κ1) is 15.4. The molecule has 0 aliphatic rings. The normalized spacial score (nSPS) is 11.0. The number of aryl methyl sites for hydroxylation is 1. The van der Waals surface area contributed by atoms with Gasteiger partial charge < -0.3 is 0 Å². The zero-order valence-corrected chi connectivity index (χ0v) is 13.9. The van der Waals surface area contributed by atoms with Gasteiger partial charge >= 0.3 is 0 Å². The Balaban J connectivity index is 1.59. The molecule has 124 valence electrons. The molecule has 0 unspecified atom stereocenters. The molecule has 1 amide bonds. The van der Waals surface area contributed by atoms with Gasteiger partial charge in [0, 0.05) is 16.6 Å². The first-order valence-corrected chi connectivity index (χ1v) is 8.26. The first-order valence-electron chi connectivity index (χ1n) is 7.44. The van der Waals surface area contributed by atoms with Crippen LogP contribution in [0.4, 0.5) is 9.52 Å². The fourth-order valence-electron chi connectivity index (χ4n) is 2.46. The maximum absolute atomic E-state index is 13.1. The molecule has 1 aromatic carbocycles. The topological polar surface area (TPSA) is 72.2 Å². The number of hydrogen-bond acceptors (Lipinski definition) is 5. The molecular weight excluding hydrogens is 341 g/mol. The van der Waals surface area contributed by atoms with Crippen molar-refractivity contribution in [3.8, 4) is 11.3 Å². The van der Waals surface area contributed by atoms with E-state index in [1.807, 2.05) is 6.92 Å². The van der Waals surface area contributed by atoms with Crippen LogP contribution < -0.4 is 5.32 Å². The number of carbonyl (C=O) groups is 1. The molecule has 3 aromatic heterocycles. The molecule has 25 heavy (non-hydrogen) atoms. The van der Waals surface area contributed by atoms with E-state index < -0.39 is 0 Å². The molecule has 3 heterocycles. The average molecular weight is 353 g/mol. The second-order valence-corrected chi connectivity index (χ2v) is 6.60. The van der Waals surface area contributed by atoms with Crippen molar-refractivity contribution in [2.24, 2.45) is 0 Å². The molecular formula is C17H12FN5OS. The Labute approximate surface area is 146 Å². The molecule has 0 bridgehead atoms. The van der Waals surface area contributed by atoms with Crippen molar-refractivity contribution in [1.82, 2.24) is 19.6 Å². The predicted molar refractivity (Wildman–Crippen MR) is 93.2 cm³/mol. The monoisotopic (exact) mass is 353 g/mol. The van der Waals surface area contributed by atoms with Crippen LogP contribution in [0.25, 0.3) is 16.9 Å². The quantitative estimate of drug-likeness (QED) is 0.611. The van der Waals surface area contributed by atoms with Crippen LogP contribution in [0.15, 0.2) is 48.9 Å². The summed E-state index contributed by atoms with van der Waals surface area (Å²) >= 11 is 1.37. The van der Waals surface area contributed by atoms with Crippen LogP contribution in [0, 0.1) is 12.7 Å². The Morgan fingerprint density at radius 3 is 2.80 bits per heavy atom. The van der Waals surface area contributed by atoms with Gasteiger partial charge in [0.15, 0.2) is 10.8 Å². The number of nitrogens with one attached hydrogen (secondary N) is 1. The van der Waals surface area contributed by atoms with Gasteiger partial charge in [0.25, 0.3) is 5.91 Å². The van der Waals surface area contributed by atoms with Crippen molar-refractivity contribution in [3.63, 3.8) is 0 Å². The van der Waals surface area contributed by atoms with Crippen LogP contribution in [-0.4, -0.2) is 25.5 Å². The van der Waals surface area contributed by atoms with E-state index in [0.717, 1.165) is 16.1 Å². The van der Waals surface area contributed by atoms with E-state index in [1.165, 1.54) is 29.8 Å². The van der Waals surface area contributed by atoms with Crippen molar-refractivity contribution < 1.29 is 9.18 Å². The predicted octanol–water partition coefficient (Wildman–Crippen LogP) is 3.55. The largest absolute Gasteiger partial charge is 0.298 e.